The van der Waals surface area contributed by atoms with Crippen molar-refractivity contribution in [2.75, 3.05) is 0 Å². The number of hydrogen-bond acceptors (Lipinski definition) is 4. The van der Waals surface area contributed by atoms with E-state index < -0.39 is 0 Å². The first-order valence-corrected chi connectivity index (χ1v) is 8.94. The molecule has 4 rings (SSSR count). The van der Waals surface area contributed by atoms with Crippen LogP contribution in [0.15, 0.2) is 59.3 Å². The fourth-order valence-electron chi connectivity index (χ4n) is 3.40. The highest BCUT2D eigenvalue weighted by Gasteiger charge is 2.28. The number of furan rings is 1. The van der Waals surface area contributed by atoms with Gasteiger partial charge in [0.25, 0.3) is 0 Å². The summed E-state index contributed by atoms with van der Waals surface area (Å²) in [6, 6.07) is 13.8. The van der Waals surface area contributed by atoms with Crippen LogP contribution in [0.1, 0.15) is 47.7 Å². The van der Waals surface area contributed by atoms with E-state index in [0.29, 0.717) is 19.5 Å². The summed E-state index contributed by atoms with van der Waals surface area (Å²) in [5, 5.41) is 0. The van der Waals surface area contributed by atoms with E-state index in [0.717, 1.165) is 34.8 Å². The molecule has 3 heterocycles. The Kier molecular flexibility index (Phi) is 4.52. The van der Waals surface area contributed by atoms with Crippen LogP contribution < -0.4 is 0 Å². The molecule has 2 aromatic heterocycles. The van der Waals surface area contributed by atoms with Crippen molar-refractivity contribution in [3.8, 4) is 0 Å². The van der Waals surface area contributed by atoms with Gasteiger partial charge in [0.05, 0.1) is 24.4 Å². The Hall–Kier alpha value is -2.95. The van der Waals surface area contributed by atoms with E-state index in [-0.39, 0.29) is 11.8 Å². The van der Waals surface area contributed by atoms with Crippen LogP contribution in [-0.2, 0) is 24.3 Å². The van der Waals surface area contributed by atoms with E-state index in [1.807, 2.05) is 60.5 Å². The summed E-state index contributed by atoms with van der Waals surface area (Å²) >= 11 is 0. The Morgan fingerprint density at radius 1 is 1.19 bits per heavy atom. The molecule has 1 aliphatic rings. The molecule has 0 fully saturated rings. The largest absolute Gasteiger partial charge is 0.469 e. The summed E-state index contributed by atoms with van der Waals surface area (Å²) < 4.78 is 5.61. The molecule has 0 unspecified atom stereocenters. The number of nitrogens with zero attached hydrogens (tertiary/aromatic N) is 3. The Labute approximate surface area is 152 Å². The minimum Gasteiger partial charge on any atom is -0.469 e. The van der Waals surface area contributed by atoms with E-state index in [2.05, 4.69) is 9.97 Å². The Morgan fingerprint density at radius 3 is 2.77 bits per heavy atom. The van der Waals surface area contributed by atoms with Gasteiger partial charge in [0.15, 0.2) is 0 Å². The number of rotatable bonds is 5. The third kappa shape index (κ3) is 3.25. The van der Waals surface area contributed by atoms with Crippen molar-refractivity contribution in [2.45, 2.75) is 38.8 Å². The average Bonchev–Trinajstić information content (AvgIpc) is 3.35. The quantitative estimate of drug-likeness (QED) is 0.706. The number of benzene rings is 1. The topological polar surface area (TPSA) is 59.2 Å². The van der Waals surface area contributed by atoms with Crippen LogP contribution in [0.4, 0.5) is 0 Å². The molecule has 1 aromatic carbocycles. The van der Waals surface area contributed by atoms with E-state index in [1.165, 1.54) is 0 Å². The average molecular weight is 347 g/mol. The minimum atomic E-state index is -0.0836. The predicted molar refractivity (Wildman–Crippen MR) is 97.3 cm³/mol. The molecular formula is C21H21N3O2. The van der Waals surface area contributed by atoms with Crippen LogP contribution in [0, 0.1) is 0 Å². The Bertz CT molecular complexity index is 891. The second kappa shape index (κ2) is 7.12. The van der Waals surface area contributed by atoms with Gasteiger partial charge in [-0.15, -0.1) is 0 Å². The van der Waals surface area contributed by atoms with E-state index in [1.54, 1.807) is 6.26 Å². The summed E-state index contributed by atoms with van der Waals surface area (Å²) in [7, 11) is 0. The summed E-state index contributed by atoms with van der Waals surface area (Å²) in [5.41, 5.74) is 3.10. The highest BCUT2D eigenvalue weighted by Crippen LogP contribution is 2.30. The molecule has 1 amide bonds. The molecule has 1 aliphatic heterocycles. The number of amides is 1. The normalized spacial score (nSPS) is 14.3. The van der Waals surface area contributed by atoms with Gasteiger partial charge >= 0.3 is 0 Å². The number of aromatic nitrogens is 2. The number of carbonyl (C=O) groups excluding carboxylic acids is 1. The van der Waals surface area contributed by atoms with Gasteiger partial charge in [0.1, 0.15) is 11.6 Å². The molecule has 0 N–H and O–H groups in total. The molecule has 0 spiro atoms. The summed E-state index contributed by atoms with van der Waals surface area (Å²) in [6.07, 6.45) is 4.69. The van der Waals surface area contributed by atoms with E-state index >= 15 is 0 Å². The fourth-order valence-corrected chi connectivity index (χ4v) is 3.40. The van der Waals surface area contributed by atoms with Gasteiger partial charge in [0, 0.05) is 31.1 Å². The molecule has 132 valence electrons. The molecule has 0 radical (unpaired) electrons. The fraction of sp³-hybridized carbons (Fsp3) is 0.286. The van der Waals surface area contributed by atoms with Crippen LogP contribution in [-0.4, -0.2) is 20.8 Å². The molecule has 26 heavy (non-hydrogen) atoms. The molecule has 3 aromatic rings. The minimum absolute atomic E-state index is 0.0836. The monoisotopic (exact) mass is 347 g/mol. The van der Waals surface area contributed by atoms with Gasteiger partial charge in [-0.1, -0.05) is 37.3 Å². The van der Waals surface area contributed by atoms with Gasteiger partial charge in [0.2, 0.25) is 5.91 Å². The number of carbonyl (C=O) groups is 1. The molecule has 0 saturated carbocycles. The summed E-state index contributed by atoms with van der Waals surface area (Å²) in [6.45, 7) is 3.18. The third-order valence-corrected chi connectivity index (χ3v) is 4.84. The highest BCUT2D eigenvalue weighted by molar-refractivity contribution is 5.78. The summed E-state index contributed by atoms with van der Waals surface area (Å²) in [5.74, 6) is 1.66. The first kappa shape index (κ1) is 16.5. The molecule has 0 bridgehead atoms. The zero-order valence-corrected chi connectivity index (χ0v) is 14.8. The number of aryl methyl sites for hydroxylation is 1. The van der Waals surface area contributed by atoms with Crippen LogP contribution in [0.25, 0.3) is 0 Å². The van der Waals surface area contributed by atoms with E-state index in [4.69, 9.17) is 4.42 Å². The second-order valence-corrected chi connectivity index (χ2v) is 6.54. The molecule has 0 saturated heterocycles. The van der Waals surface area contributed by atoms with Crippen molar-refractivity contribution in [1.29, 1.82) is 0 Å². The van der Waals surface area contributed by atoms with E-state index in [9.17, 15) is 4.79 Å². The van der Waals surface area contributed by atoms with Gasteiger partial charge < -0.3 is 9.32 Å². The van der Waals surface area contributed by atoms with Crippen LogP contribution in [0.2, 0.25) is 0 Å². The smallest absolute Gasteiger partial charge is 0.224 e. The lowest BCUT2D eigenvalue weighted by Gasteiger charge is -2.20. The molecule has 1 atom stereocenters. The molecular weight excluding hydrogens is 326 g/mol. The van der Waals surface area contributed by atoms with Crippen molar-refractivity contribution in [2.24, 2.45) is 0 Å². The molecule has 0 aliphatic carbocycles. The number of fused-ring (bicyclic) bond motifs is 1. The lowest BCUT2D eigenvalue weighted by Crippen LogP contribution is -2.27. The standard InChI is InChI=1S/C21H21N3O2/c1-2-20-22-12-16-13-24(14-18(16)23-20)21(25)11-17(19-9-6-10-26-19)15-7-4-3-5-8-15/h3-10,12,17H,2,11,13-14H2,1H3/t17-/m1/s1. The van der Waals surface area contributed by atoms with Crippen molar-refractivity contribution in [3.05, 3.63) is 83.3 Å². The zero-order chi connectivity index (χ0) is 17.9. The van der Waals surface area contributed by atoms with Gasteiger partial charge in [-0.25, -0.2) is 9.97 Å². The lowest BCUT2D eigenvalue weighted by atomic mass is 9.93. The van der Waals surface area contributed by atoms with Gasteiger partial charge in [-0.2, -0.15) is 0 Å². The van der Waals surface area contributed by atoms with Crippen LogP contribution in [0.5, 0.6) is 0 Å². The first-order chi connectivity index (χ1) is 12.7. The maximum atomic E-state index is 13.0. The van der Waals surface area contributed by atoms with Crippen LogP contribution >= 0.6 is 0 Å². The maximum Gasteiger partial charge on any atom is 0.224 e. The molecule has 5 heteroatoms. The van der Waals surface area contributed by atoms with Crippen molar-refractivity contribution in [1.82, 2.24) is 14.9 Å². The SMILES string of the molecule is CCc1ncc2c(n1)CN(C(=O)C[C@H](c1ccccc1)c1ccco1)C2. The molecule has 5 nitrogen and oxygen atoms in total. The van der Waals surface area contributed by atoms with Crippen molar-refractivity contribution in [3.63, 3.8) is 0 Å². The van der Waals surface area contributed by atoms with Crippen LogP contribution in [0.3, 0.4) is 0 Å². The predicted octanol–water partition coefficient (Wildman–Crippen LogP) is 3.70. The van der Waals surface area contributed by atoms with Gasteiger partial charge in [-0.3, -0.25) is 4.79 Å². The maximum absolute atomic E-state index is 13.0. The lowest BCUT2D eigenvalue weighted by molar-refractivity contribution is -0.132. The Balaban J connectivity index is 1.53. The van der Waals surface area contributed by atoms with Gasteiger partial charge in [-0.05, 0) is 17.7 Å². The first-order valence-electron chi connectivity index (χ1n) is 8.94. The van der Waals surface area contributed by atoms with Crippen molar-refractivity contribution >= 4 is 5.91 Å². The zero-order valence-electron chi connectivity index (χ0n) is 14.8. The second-order valence-electron chi connectivity index (χ2n) is 6.54. The van der Waals surface area contributed by atoms with Crippen molar-refractivity contribution < 1.29 is 9.21 Å². The third-order valence-electron chi connectivity index (χ3n) is 4.84. The summed E-state index contributed by atoms with van der Waals surface area (Å²) in [4.78, 5) is 23.8. The highest BCUT2D eigenvalue weighted by atomic mass is 16.3. The number of hydrogen-bond donors (Lipinski definition) is 0. The Morgan fingerprint density at radius 2 is 2.04 bits per heavy atom.